The van der Waals surface area contributed by atoms with Crippen LogP contribution in [0.5, 0.6) is 11.5 Å². The third kappa shape index (κ3) is 7.25. The van der Waals surface area contributed by atoms with Crippen LogP contribution >= 0.6 is 0 Å². The van der Waals surface area contributed by atoms with Gasteiger partial charge in [-0.05, 0) is 61.1 Å². The molecule has 4 N–H and O–H groups in total. The number of rotatable bonds is 10. The van der Waals surface area contributed by atoms with E-state index in [1.165, 1.54) is 0 Å². The standard InChI is InChI=1S/C21H26O5/c22-17-7-1-15(2-8-17)5-11-19(24)13-21(26)14-20(25)12-6-16-3-9-18(23)10-4-16/h1-4,7-10,19-20,22-25H,5-6,11-14H2/t19-,20-/m1/s1. The monoisotopic (exact) mass is 358 g/mol. The summed E-state index contributed by atoms with van der Waals surface area (Å²) in [5, 5.41) is 38.5. The molecule has 26 heavy (non-hydrogen) atoms. The van der Waals surface area contributed by atoms with Gasteiger partial charge in [0.15, 0.2) is 0 Å². The first kappa shape index (κ1) is 19.9. The van der Waals surface area contributed by atoms with Gasteiger partial charge in [0.05, 0.1) is 12.2 Å². The molecule has 0 aliphatic carbocycles. The zero-order valence-electron chi connectivity index (χ0n) is 14.7. The third-order valence-electron chi connectivity index (χ3n) is 4.33. The zero-order chi connectivity index (χ0) is 18.9. The molecule has 2 rings (SSSR count). The molecule has 140 valence electrons. The van der Waals surface area contributed by atoms with Crippen molar-refractivity contribution >= 4 is 5.78 Å². The van der Waals surface area contributed by atoms with Crippen LogP contribution in [0.25, 0.3) is 0 Å². The molecule has 5 heteroatoms. The maximum absolute atomic E-state index is 12.0. The summed E-state index contributed by atoms with van der Waals surface area (Å²) in [6.07, 6.45) is 0.764. The Labute approximate surface area is 153 Å². The van der Waals surface area contributed by atoms with Crippen molar-refractivity contribution in [2.45, 2.75) is 50.7 Å². The molecule has 0 radical (unpaired) electrons. The van der Waals surface area contributed by atoms with Gasteiger partial charge in [0.2, 0.25) is 0 Å². The smallest absolute Gasteiger partial charge is 0.138 e. The Morgan fingerprint density at radius 3 is 1.38 bits per heavy atom. The molecule has 2 aromatic rings. The lowest BCUT2D eigenvalue weighted by Crippen LogP contribution is -2.19. The van der Waals surface area contributed by atoms with Crippen LogP contribution in [-0.2, 0) is 17.6 Å². The van der Waals surface area contributed by atoms with Gasteiger partial charge in [-0.25, -0.2) is 0 Å². The maximum Gasteiger partial charge on any atom is 0.138 e. The largest absolute Gasteiger partial charge is 0.508 e. The summed E-state index contributed by atoms with van der Waals surface area (Å²) in [4.78, 5) is 12.0. The normalized spacial score (nSPS) is 13.3. The van der Waals surface area contributed by atoms with Crippen LogP contribution < -0.4 is 0 Å². The number of aliphatic hydroxyl groups is 2. The first-order valence-corrected chi connectivity index (χ1v) is 8.86. The quantitative estimate of drug-likeness (QED) is 0.523. The number of hydrogen-bond acceptors (Lipinski definition) is 5. The van der Waals surface area contributed by atoms with Crippen molar-refractivity contribution in [2.75, 3.05) is 0 Å². The van der Waals surface area contributed by atoms with E-state index in [9.17, 15) is 25.2 Å². The van der Waals surface area contributed by atoms with Gasteiger partial charge in [-0.2, -0.15) is 0 Å². The van der Waals surface area contributed by atoms with Crippen molar-refractivity contribution in [3.63, 3.8) is 0 Å². The maximum atomic E-state index is 12.0. The van der Waals surface area contributed by atoms with Gasteiger partial charge in [0.25, 0.3) is 0 Å². The molecule has 0 saturated carbocycles. The first-order chi connectivity index (χ1) is 12.4. The Kier molecular flexibility index (Phi) is 7.63. The minimum atomic E-state index is -0.736. The van der Waals surface area contributed by atoms with E-state index in [1.807, 2.05) is 0 Å². The molecular formula is C21H26O5. The van der Waals surface area contributed by atoms with Crippen LogP contribution in [0, 0.1) is 0 Å². The van der Waals surface area contributed by atoms with Gasteiger partial charge < -0.3 is 20.4 Å². The Morgan fingerprint density at radius 1 is 0.692 bits per heavy atom. The fourth-order valence-corrected chi connectivity index (χ4v) is 2.80. The van der Waals surface area contributed by atoms with Crippen molar-refractivity contribution < 1.29 is 25.2 Å². The predicted octanol–water partition coefficient (Wildman–Crippen LogP) is 2.73. The summed E-state index contributed by atoms with van der Waals surface area (Å²) in [5.41, 5.74) is 1.98. The van der Waals surface area contributed by atoms with Crippen molar-refractivity contribution in [3.8, 4) is 11.5 Å². The summed E-state index contributed by atoms with van der Waals surface area (Å²) in [6.45, 7) is 0. The summed E-state index contributed by atoms with van der Waals surface area (Å²) in [5.74, 6) is 0.248. The SMILES string of the molecule is O=C(C[C@H](O)CCc1ccc(O)cc1)C[C@H](O)CCc1ccc(O)cc1. The number of phenols is 2. The van der Waals surface area contributed by atoms with Crippen molar-refractivity contribution in [1.29, 1.82) is 0 Å². The molecule has 0 aromatic heterocycles. The van der Waals surface area contributed by atoms with E-state index in [0.717, 1.165) is 11.1 Å². The highest BCUT2D eigenvalue weighted by Gasteiger charge is 2.15. The highest BCUT2D eigenvalue weighted by molar-refractivity contribution is 5.79. The minimum absolute atomic E-state index is 0.0361. The summed E-state index contributed by atoms with van der Waals surface area (Å²) in [6, 6.07) is 13.5. The van der Waals surface area contributed by atoms with Crippen LogP contribution in [0.15, 0.2) is 48.5 Å². The van der Waals surface area contributed by atoms with E-state index in [2.05, 4.69) is 0 Å². The van der Waals surface area contributed by atoms with E-state index >= 15 is 0 Å². The number of carbonyl (C=O) groups excluding carboxylic acids is 1. The van der Waals surface area contributed by atoms with Gasteiger partial charge in [-0.3, -0.25) is 4.79 Å². The Balaban J connectivity index is 1.66. The summed E-state index contributed by atoms with van der Waals surface area (Å²) >= 11 is 0. The summed E-state index contributed by atoms with van der Waals surface area (Å²) in [7, 11) is 0. The van der Waals surface area contributed by atoms with Crippen LogP contribution in [-0.4, -0.2) is 38.4 Å². The average Bonchev–Trinajstić information content (AvgIpc) is 2.60. The summed E-state index contributed by atoms with van der Waals surface area (Å²) < 4.78 is 0. The molecule has 2 atom stereocenters. The molecular weight excluding hydrogens is 332 g/mol. The van der Waals surface area contributed by atoms with Gasteiger partial charge in [0, 0.05) is 12.8 Å². The Hall–Kier alpha value is -2.37. The second-order valence-corrected chi connectivity index (χ2v) is 6.66. The number of aromatic hydroxyl groups is 2. The van der Waals surface area contributed by atoms with Crippen LogP contribution in [0.2, 0.25) is 0 Å². The lowest BCUT2D eigenvalue weighted by Gasteiger charge is -2.13. The lowest BCUT2D eigenvalue weighted by molar-refractivity contribution is -0.122. The van der Waals surface area contributed by atoms with E-state index in [4.69, 9.17) is 0 Å². The molecule has 0 aliphatic heterocycles. The minimum Gasteiger partial charge on any atom is -0.508 e. The van der Waals surface area contributed by atoms with E-state index in [-0.39, 0.29) is 30.1 Å². The Morgan fingerprint density at radius 2 is 1.04 bits per heavy atom. The fraction of sp³-hybridized carbons (Fsp3) is 0.381. The second-order valence-electron chi connectivity index (χ2n) is 6.66. The molecule has 5 nitrogen and oxygen atoms in total. The highest BCUT2D eigenvalue weighted by atomic mass is 16.3. The fourth-order valence-electron chi connectivity index (χ4n) is 2.80. The van der Waals surface area contributed by atoms with Crippen molar-refractivity contribution in [1.82, 2.24) is 0 Å². The van der Waals surface area contributed by atoms with Crippen LogP contribution in [0.4, 0.5) is 0 Å². The zero-order valence-corrected chi connectivity index (χ0v) is 14.7. The number of phenolic OH excluding ortho intramolecular Hbond substituents is 2. The first-order valence-electron chi connectivity index (χ1n) is 8.86. The number of hydrogen-bond donors (Lipinski definition) is 4. The molecule has 0 saturated heterocycles. The Bertz CT molecular complexity index is 619. The number of aryl methyl sites for hydroxylation is 2. The van der Waals surface area contributed by atoms with E-state index in [0.29, 0.717) is 25.7 Å². The van der Waals surface area contributed by atoms with E-state index < -0.39 is 12.2 Å². The third-order valence-corrected chi connectivity index (χ3v) is 4.33. The molecule has 0 bridgehead atoms. The van der Waals surface area contributed by atoms with Crippen LogP contribution in [0.3, 0.4) is 0 Å². The molecule has 0 heterocycles. The second kappa shape index (κ2) is 9.94. The molecule has 0 fully saturated rings. The number of ketones is 1. The van der Waals surface area contributed by atoms with Crippen LogP contribution in [0.1, 0.15) is 36.8 Å². The highest BCUT2D eigenvalue weighted by Crippen LogP contribution is 2.15. The number of carbonyl (C=O) groups is 1. The predicted molar refractivity (Wildman–Crippen MR) is 99.1 cm³/mol. The van der Waals surface area contributed by atoms with Gasteiger partial charge in [-0.1, -0.05) is 24.3 Å². The van der Waals surface area contributed by atoms with E-state index in [1.54, 1.807) is 48.5 Å². The van der Waals surface area contributed by atoms with Gasteiger partial charge >= 0.3 is 0 Å². The molecule has 0 amide bonds. The van der Waals surface area contributed by atoms with Crippen molar-refractivity contribution in [3.05, 3.63) is 59.7 Å². The van der Waals surface area contributed by atoms with Gasteiger partial charge in [-0.15, -0.1) is 0 Å². The molecule has 0 aliphatic rings. The molecule has 0 unspecified atom stereocenters. The number of benzene rings is 2. The topological polar surface area (TPSA) is 98.0 Å². The number of Topliss-reactive ketones (excluding diaryl/α,β-unsaturated/α-hetero) is 1. The molecule has 2 aromatic carbocycles. The molecule has 0 spiro atoms. The number of aliphatic hydroxyl groups excluding tert-OH is 2. The lowest BCUT2D eigenvalue weighted by atomic mass is 9.98. The van der Waals surface area contributed by atoms with Gasteiger partial charge in [0.1, 0.15) is 17.3 Å². The average molecular weight is 358 g/mol. The van der Waals surface area contributed by atoms with Crippen molar-refractivity contribution in [2.24, 2.45) is 0 Å².